The molecule has 148 valence electrons. The van der Waals surface area contributed by atoms with Crippen molar-refractivity contribution in [1.82, 2.24) is 30.5 Å². The van der Waals surface area contributed by atoms with E-state index in [9.17, 15) is 14.4 Å². The van der Waals surface area contributed by atoms with E-state index in [1.807, 2.05) is 42.5 Å². The van der Waals surface area contributed by atoms with E-state index in [1.165, 1.54) is 0 Å². The molecule has 1 fully saturated rings. The number of hydrogen-bond donors (Lipinski definition) is 2. The standard InChI is InChI=1S/C20H20N6O3/c1-20(2,22-18(28)12-25-11-17(27)21-19(25)29)16-10-26(24-23-16)15-8-7-13-5-3-4-6-14(13)9-15/h3-10H,11-12H2,1-2H3,(H,22,28)(H,21,27,29). The number of rotatable bonds is 5. The van der Waals surface area contributed by atoms with Gasteiger partial charge in [0.1, 0.15) is 18.8 Å². The van der Waals surface area contributed by atoms with Crippen LogP contribution in [0.3, 0.4) is 0 Å². The van der Waals surface area contributed by atoms with Gasteiger partial charge in [-0.3, -0.25) is 14.9 Å². The summed E-state index contributed by atoms with van der Waals surface area (Å²) >= 11 is 0. The minimum atomic E-state index is -0.813. The molecule has 4 amide bonds. The molecule has 29 heavy (non-hydrogen) atoms. The Morgan fingerprint density at radius 3 is 2.66 bits per heavy atom. The van der Waals surface area contributed by atoms with Gasteiger partial charge in [0.15, 0.2) is 0 Å². The lowest BCUT2D eigenvalue weighted by atomic mass is 10.0. The van der Waals surface area contributed by atoms with E-state index < -0.39 is 17.5 Å². The van der Waals surface area contributed by atoms with E-state index >= 15 is 0 Å². The normalized spacial score (nSPS) is 14.3. The SMILES string of the molecule is CC(C)(NC(=O)CN1CC(=O)NC1=O)c1cn(-c2ccc3ccccc3c2)nn1. The highest BCUT2D eigenvalue weighted by Gasteiger charge is 2.31. The predicted molar refractivity (Wildman–Crippen MR) is 105 cm³/mol. The summed E-state index contributed by atoms with van der Waals surface area (Å²) < 4.78 is 1.66. The second kappa shape index (κ2) is 7.01. The molecule has 4 rings (SSSR count). The Balaban J connectivity index is 1.49. The van der Waals surface area contributed by atoms with Crippen LogP contribution < -0.4 is 10.6 Å². The molecule has 0 aliphatic carbocycles. The summed E-state index contributed by atoms with van der Waals surface area (Å²) in [6, 6.07) is 13.5. The summed E-state index contributed by atoms with van der Waals surface area (Å²) in [7, 11) is 0. The lowest BCUT2D eigenvalue weighted by Crippen LogP contribution is -2.46. The van der Waals surface area contributed by atoms with Gasteiger partial charge in [0.2, 0.25) is 11.8 Å². The molecule has 3 aromatic rings. The summed E-state index contributed by atoms with van der Waals surface area (Å²) in [4.78, 5) is 36.4. The first-order chi connectivity index (χ1) is 13.8. The van der Waals surface area contributed by atoms with Crippen LogP contribution in [-0.2, 0) is 15.1 Å². The average Bonchev–Trinajstić information content (AvgIpc) is 3.28. The summed E-state index contributed by atoms with van der Waals surface area (Å²) in [5.41, 5.74) is 0.615. The number of amides is 4. The molecule has 9 heteroatoms. The van der Waals surface area contributed by atoms with Crippen molar-refractivity contribution in [2.75, 3.05) is 13.1 Å². The highest BCUT2D eigenvalue weighted by molar-refractivity contribution is 6.03. The number of fused-ring (bicyclic) bond motifs is 1. The second-order valence-corrected chi connectivity index (χ2v) is 7.46. The maximum absolute atomic E-state index is 12.4. The van der Waals surface area contributed by atoms with Crippen molar-refractivity contribution >= 4 is 28.6 Å². The van der Waals surface area contributed by atoms with Gasteiger partial charge in [0.05, 0.1) is 17.4 Å². The molecular formula is C20H20N6O3. The van der Waals surface area contributed by atoms with Crippen LogP contribution in [0.4, 0.5) is 4.79 Å². The molecular weight excluding hydrogens is 372 g/mol. The third kappa shape index (κ3) is 3.79. The quantitative estimate of drug-likeness (QED) is 0.637. The Kier molecular flexibility index (Phi) is 4.50. The van der Waals surface area contributed by atoms with Gasteiger partial charge in [0.25, 0.3) is 0 Å². The third-order valence-corrected chi connectivity index (χ3v) is 4.79. The summed E-state index contributed by atoms with van der Waals surface area (Å²) in [5.74, 6) is -0.805. The zero-order chi connectivity index (χ0) is 20.6. The van der Waals surface area contributed by atoms with E-state index in [1.54, 1.807) is 24.7 Å². The highest BCUT2D eigenvalue weighted by atomic mass is 16.2. The van der Waals surface area contributed by atoms with Crippen LogP contribution in [0.1, 0.15) is 19.5 Å². The second-order valence-electron chi connectivity index (χ2n) is 7.46. The van der Waals surface area contributed by atoms with Crippen molar-refractivity contribution in [3.05, 3.63) is 54.4 Å². The number of imide groups is 1. The fourth-order valence-corrected chi connectivity index (χ4v) is 3.23. The van der Waals surface area contributed by atoms with Crippen LogP contribution in [0, 0.1) is 0 Å². The van der Waals surface area contributed by atoms with E-state index in [4.69, 9.17) is 0 Å². The van der Waals surface area contributed by atoms with Crippen LogP contribution in [0.2, 0.25) is 0 Å². The minimum absolute atomic E-state index is 0.120. The van der Waals surface area contributed by atoms with Crippen LogP contribution in [0.25, 0.3) is 16.5 Å². The lowest BCUT2D eigenvalue weighted by Gasteiger charge is -2.25. The molecule has 9 nitrogen and oxygen atoms in total. The fraction of sp³-hybridized carbons (Fsp3) is 0.250. The van der Waals surface area contributed by atoms with Crippen LogP contribution in [0.15, 0.2) is 48.7 Å². The van der Waals surface area contributed by atoms with Crippen LogP contribution >= 0.6 is 0 Å². The van der Waals surface area contributed by atoms with Gasteiger partial charge in [-0.15, -0.1) is 5.10 Å². The van der Waals surface area contributed by atoms with Crippen molar-refractivity contribution in [3.63, 3.8) is 0 Å². The first kappa shape index (κ1) is 18.6. The highest BCUT2D eigenvalue weighted by Crippen LogP contribution is 2.21. The minimum Gasteiger partial charge on any atom is -0.344 e. The monoisotopic (exact) mass is 392 g/mol. The molecule has 0 saturated carbocycles. The van der Waals surface area contributed by atoms with E-state index in [0.29, 0.717) is 5.69 Å². The summed E-state index contributed by atoms with van der Waals surface area (Å²) in [6.45, 7) is 3.27. The molecule has 0 radical (unpaired) electrons. The molecule has 0 spiro atoms. The number of aromatic nitrogens is 3. The molecule has 0 atom stereocenters. The molecule has 2 N–H and O–H groups in total. The number of urea groups is 1. The number of benzene rings is 2. The number of nitrogens with zero attached hydrogens (tertiary/aromatic N) is 4. The maximum Gasteiger partial charge on any atom is 0.325 e. The number of carbonyl (C=O) groups is 3. The van der Waals surface area contributed by atoms with E-state index in [2.05, 4.69) is 20.9 Å². The van der Waals surface area contributed by atoms with Gasteiger partial charge in [-0.2, -0.15) is 0 Å². The Hall–Kier alpha value is -3.75. The molecule has 1 saturated heterocycles. The van der Waals surface area contributed by atoms with Crippen molar-refractivity contribution in [1.29, 1.82) is 0 Å². The first-order valence-corrected chi connectivity index (χ1v) is 9.14. The van der Waals surface area contributed by atoms with Gasteiger partial charge >= 0.3 is 6.03 Å². The number of hydrogen-bond acceptors (Lipinski definition) is 5. The Labute approximate surface area is 166 Å². The third-order valence-electron chi connectivity index (χ3n) is 4.79. The molecule has 2 heterocycles. The van der Waals surface area contributed by atoms with Crippen molar-refractivity contribution in [2.45, 2.75) is 19.4 Å². The summed E-state index contributed by atoms with van der Waals surface area (Å²) in [6.07, 6.45) is 1.76. The topological polar surface area (TPSA) is 109 Å². The zero-order valence-corrected chi connectivity index (χ0v) is 16.0. The van der Waals surface area contributed by atoms with E-state index in [0.717, 1.165) is 21.4 Å². The van der Waals surface area contributed by atoms with Gasteiger partial charge in [-0.05, 0) is 36.8 Å². The fourth-order valence-electron chi connectivity index (χ4n) is 3.23. The van der Waals surface area contributed by atoms with E-state index in [-0.39, 0.29) is 19.0 Å². The Morgan fingerprint density at radius 1 is 1.17 bits per heavy atom. The predicted octanol–water partition coefficient (Wildman–Crippen LogP) is 1.32. The number of nitrogens with one attached hydrogen (secondary N) is 2. The average molecular weight is 392 g/mol. The van der Waals surface area contributed by atoms with Crippen molar-refractivity contribution < 1.29 is 14.4 Å². The lowest BCUT2D eigenvalue weighted by molar-refractivity contribution is -0.123. The molecule has 0 bridgehead atoms. The Bertz CT molecular complexity index is 1120. The zero-order valence-electron chi connectivity index (χ0n) is 16.0. The largest absolute Gasteiger partial charge is 0.344 e. The number of carbonyl (C=O) groups excluding carboxylic acids is 3. The molecule has 1 aliphatic rings. The first-order valence-electron chi connectivity index (χ1n) is 9.14. The van der Waals surface area contributed by atoms with Crippen LogP contribution in [0.5, 0.6) is 0 Å². The summed E-state index contributed by atoms with van der Waals surface area (Å²) in [5, 5.41) is 15.6. The van der Waals surface area contributed by atoms with Crippen molar-refractivity contribution in [3.8, 4) is 5.69 Å². The van der Waals surface area contributed by atoms with Gasteiger partial charge < -0.3 is 10.2 Å². The molecule has 0 unspecified atom stereocenters. The van der Waals surface area contributed by atoms with Crippen molar-refractivity contribution in [2.24, 2.45) is 0 Å². The smallest absolute Gasteiger partial charge is 0.325 e. The molecule has 2 aromatic carbocycles. The van der Waals surface area contributed by atoms with Gasteiger partial charge in [-0.25, -0.2) is 9.48 Å². The van der Waals surface area contributed by atoms with Gasteiger partial charge in [-0.1, -0.05) is 35.5 Å². The maximum atomic E-state index is 12.4. The van der Waals surface area contributed by atoms with Crippen LogP contribution in [-0.4, -0.2) is 50.8 Å². The Morgan fingerprint density at radius 2 is 1.93 bits per heavy atom. The van der Waals surface area contributed by atoms with Gasteiger partial charge in [0, 0.05) is 0 Å². The molecule has 1 aliphatic heterocycles. The molecule has 1 aromatic heterocycles.